The van der Waals surface area contributed by atoms with Gasteiger partial charge in [0.2, 0.25) is 0 Å². The lowest BCUT2D eigenvalue weighted by molar-refractivity contribution is 0.608. The number of nitrogens with two attached hydrogens (primary N) is 1. The van der Waals surface area contributed by atoms with Crippen molar-refractivity contribution in [2.45, 2.75) is 19.0 Å². The smallest absolute Gasteiger partial charge is 0.146 e. The minimum absolute atomic E-state index is 0.124. The lowest BCUT2D eigenvalue weighted by Crippen LogP contribution is -2.28. The minimum atomic E-state index is -0.202. The molecule has 0 amide bonds. The summed E-state index contributed by atoms with van der Waals surface area (Å²) in [5, 5.41) is 7.69. The fourth-order valence-corrected chi connectivity index (χ4v) is 2.52. The Bertz CT molecular complexity index is 554. The molecule has 1 fully saturated rings. The van der Waals surface area contributed by atoms with Gasteiger partial charge in [-0.2, -0.15) is 0 Å². The number of hydrogen-bond donors (Lipinski definition) is 1. The predicted octanol–water partition coefficient (Wildman–Crippen LogP) is 1.00. The largest absolute Gasteiger partial charge is 0.367 e. The molecule has 0 spiro atoms. The van der Waals surface area contributed by atoms with E-state index in [0.29, 0.717) is 18.8 Å². The van der Waals surface area contributed by atoms with Crippen molar-refractivity contribution < 1.29 is 4.39 Å². The summed E-state index contributed by atoms with van der Waals surface area (Å²) < 4.78 is 15.8. The van der Waals surface area contributed by atoms with E-state index in [-0.39, 0.29) is 11.9 Å². The summed E-state index contributed by atoms with van der Waals surface area (Å²) in [6, 6.07) is 5.26. The summed E-state index contributed by atoms with van der Waals surface area (Å²) in [6.45, 7) is 2.01. The molecule has 5 nitrogen and oxygen atoms in total. The zero-order valence-corrected chi connectivity index (χ0v) is 10.5. The van der Waals surface area contributed by atoms with E-state index in [4.69, 9.17) is 5.73 Å². The van der Waals surface area contributed by atoms with E-state index in [1.807, 2.05) is 11.0 Å². The van der Waals surface area contributed by atoms with Crippen molar-refractivity contribution in [2.24, 2.45) is 5.73 Å². The number of halogens is 1. The first-order chi connectivity index (χ1) is 9.24. The van der Waals surface area contributed by atoms with E-state index in [1.54, 1.807) is 23.1 Å². The molecule has 1 aromatic carbocycles. The van der Waals surface area contributed by atoms with Crippen LogP contribution in [0.15, 0.2) is 30.6 Å². The highest BCUT2D eigenvalue weighted by Gasteiger charge is 2.24. The molecule has 3 rings (SSSR count). The molecule has 1 saturated heterocycles. The van der Waals surface area contributed by atoms with Crippen LogP contribution >= 0.6 is 0 Å². The van der Waals surface area contributed by atoms with Gasteiger partial charge >= 0.3 is 0 Å². The minimum Gasteiger partial charge on any atom is -0.367 e. The number of rotatable bonds is 3. The van der Waals surface area contributed by atoms with E-state index in [9.17, 15) is 4.39 Å². The average Bonchev–Trinajstić information content (AvgIpc) is 3.01. The predicted molar refractivity (Wildman–Crippen MR) is 70.3 cm³/mol. The topological polar surface area (TPSA) is 60.0 Å². The summed E-state index contributed by atoms with van der Waals surface area (Å²) in [5.41, 5.74) is 7.45. The first kappa shape index (κ1) is 12.1. The molecule has 6 heteroatoms. The molecule has 0 radical (unpaired) electrons. The molecule has 2 heterocycles. The van der Waals surface area contributed by atoms with Crippen LogP contribution in [-0.2, 0) is 6.54 Å². The first-order valence-electron chi connectivity index (χ1n) is 6.36. The van der Waals surface area contributed by atoms with Crippen molar-refractivity contribution in [1.29, 1.82) is 0 Å². The third-order valence-electron chi connectivity index (χ3n) is 3.42. The van der Waals surface area contributed by atoms with Crippen LogP contribution in [0.5, 0.6) is 0 Å². The Morgan fingerprint density at radius 2 is 2.32 bits per heavy atom. The Kier molecular flexibility index (Phi) is 3.16. The zero-order valence-electron chi connectivity index (χ0n) is 10.5. The molecule has 100 valence electrons. The summed E-state index contributed by atoms with van der Waals surface area (Å²) in [5.74, 6) is -0.202. The number of para-hydroxylation sites is 1. The lowest BCUT2D eigenvalue weighted by Gasteiger charge is -2.22. The highest BCUT2D eigenvalue weighted by Crippen LogP contribution is 2.28. The summed E-state index contributed by atoms with van der Waals surface area (Å²) >= 11 is 0. The molecule has 1 aliphatic rings. The molecule has 0 aliphatic carbocycles. The quantitative estimate of drug-likeness (QED) is 0.895. The Balaban J connectivity index is 1.93. The Morgan fingerprint density at radius 3 is 3.00 bits per heavy atom. The maximum absolute atomic E-state index is 14.1. The van der Waals surface area contributed by atoms with Crippen molar-refractivity contribution in [2.75, 3.05) is 18.0 Å². The molecule has 1 aliphatic heterocycles. The fourth-order valence-electron chi connectivity index (χ4n) is 2.52. The van der Waals surface area contributed by atoms with Gasteiger partial charge in [-0.15, -0.1) is 5.10 Å². The standard InChI is InChI=1S/C13H16FN5/c14-12-3-1-2-10(8-19-7-5-16-17-19)13(12)18-6-4-11(15)9-18/h1-3,5,7,11H,4,6,8-9,15H2/t11-/m0/s1. The summed E-state index contributed by atoms with van der Waals surface area (Å²) in [4.78, 5) is 2.02. The van der Waals surface area contributed by atoms with Crippen molar-refractivity contribution in [1.82, 2.24) is 15.0 Å². The molecule has 2 aromatic rings. The van der Waals surface area contributed by atoms with Gasteiger partial charge in [0.15, 0.2) is 0 Å². The summed E-state index contributed by atoms with van der Waals surface area (Å²) in [7, 11) is 0. The van der Waals surface area contributed by atoms with Gasteiger partial charge in [-0.3, -0.25) is 0 Å². The highest BCUT2D eigenvalue weighted by molar-refractivity contribution is 5.56. The maximum atomic E-state index is 14.1. The van der Waals surface area contributed by atoms with Gasteiger partial charge in [-0.05, 0) is 18.1 Å². The second-order valence-electron chi connectivity index (χ2n) is 4.84. The van der Waals surface area contributed by atoms with Crippen LogP contribution in [-0.4, -0.2) is 34.1 Å². The molecule has 0 saturated carbocycles. The monoisotopic (exact) mass is 261 g/mol. The normalized spacial score (nSPS) is 19.1. The van der Waals surface area contributed by atoms with Crippen LogP contribution in [0.1, 0.15) is 12.0 Å². The molecule has 1 aromatic heterocycles. The molecular formula is C13H16FN5. The van der Waals surface area contributed by atoms with E-state index in [0.717, 1.165) is 18.5 Å². The van der Waals surface area contributed by atoms with Crippen molar-refractivity contribution in [3.8, 4) is 0 Å². The van der Waals surface area contributed by atoms with Crippen LogP contribution in [0.2, 0.25) is 0 Å². The van der Waals surface area contributed by atoms with Gasteiger partial charge < -0.3 is 10.6 Å². The van der Waals surface area contributed by atoms with Crippen LogP contribution in [0.3, 0.4) is 0 Å². The molecular weight excluding hydrogens is 245 g/mol. The number of anilines is 1. The van der Waals surface area contributed by atoms with Crippen molar-refractivity contribution >= 4 is 5.69 Å². The van der Waals surface area contributed by atoms with Gasteiger partial charge in [0, 0.05) is 25.3 Å². The third-order valence-corrected chi connectivity index (χ3v) is 3.42. The SMILES string of the molecule is N[C@H]1CCN(c2c(F)cccc2Cn2ccnn2)C1. The number of nitrogens with zero attached hydrogens (tertiary/aromatic N) is 4. The van der Waals surface area contributed by atoms with Crippen molar-refractivity contribution in [3.05, 3.63) is 42.0 Å². The van der Waals surface area contributed by atoms with Crippen LogP contribution < -0.4 is 10.6 Å². The van der Waals surface area contributed by atoms with Crippen LogP contribution in [0, 0.1) is 5.82 Å². The van der Waals surface area contributed by atoms with Gasteiger partial charge in [0.25, 0.3) is 0 Å². The van der Waals surface area contributed by atoms with Crippen LogP contribution in [0.25, 0.3) is 0 Å². The second-order valence-corrected chi connectivity index (χ2v) is 4.84. The number of aromatic nitrogens is 3. The lowest BCUT2D eigenvalue weighted by atomic mass is 10.1. The average molecular weight is 261 g/mol. The van der Waals surface area contributed by atoms with E-state index in [1.165, 1.54) is 6.07 Å². The molecule has 0 unspecified atom stereocenters. The molecule has 2 N–H and O–H groups in total. The highest BCUT2D eigenvalue weighted by atomic mass is 19.1. The number of benzene rings is 1. The second kappa shape index (κ2) is 4.97. The van der Waals surface area contributed by atoms with Gasteiger partial charge in [0.1, 0.15) is 5.82 Å². The Morgan fingerprint density at radius 1 is 1.42 bits per heavy atom. The molecule has 1 atom stereocenters. The summed E-state index contributed by atoms with van der Waals surface area (Å²) in [6.07, 6.45) is 4.28. The van der Waals surface area contributed by atoms with E-state index < -0.39 is 0 Å². The number of hydrogen-bond acceptors (Lipinski definition) is 4. The molecule has 19 heavy (non-hydrogen) atoms. The Labute approximate surface area is 110 Å². The van der Waals surface area contributed by atoms with Gasteiger partial charge in [0.05, 0.1) is 18.4 Å². The molecule has 0 bridgehead atoms. The van der Waals surface area contributed by atoms with E-state index >= 15 is 0 Å². The maximum Gasteiger partial charge on any atom is 0.146 e. The Hall–Kier alpha value is -1.95. The first-order valence-corrected chi connectivity index (χ1v) is 6.36. The van der Waals surface area contributed by atoms with E-state index in [2.05, 4.69) is 10.3 Å². The van der Waals surface area contributed by atoms with Crippen LogP contribution in [0.4, 0.5) is 10.1 Å². The fraction of sp³-hybridized carbons (Fsp3) is 0.385. The third kappa shape index (κ3) is 2.44. The zero-order chi connectivity index (χ0) is 13.2. The van der Waals surface area contributed by atoms with Gasteiger partial charge in [-0.1, -0.05) is 17.3 Å². The van der Waals surface area contributed by atoms with Gasteiger partial charge in [-0.25, -0.2) is 9.07 Å². The van der Waals surface area contributed by atoms with Crippen molar-refractivity contribution in [3.63, 3.8) is 0 Å².